The van der Waals surface area contributed by atoms with Crippen LogP contribution in [-0.2, 0) is 9.59 Å². The number of rotatable bonds is 3. The van der Waals surface area contributed by atoms with Crippen LogP contribution < -0.4 is 10.6 Å². The van der Waals surface area contributed by atoms with E-state index >= 15 is 0 Å². The first kappa shape index (κ1) is 16.4. The average molecular weight is 294 g/mol. The van der Waals surface area contributed by atoms with Crippen molar-refractivity contribution in [2.75, 3.05) is 5.32 Å². The third-order valence-corrected chi connectivity index (χ3v) is 2.91. The molecule has 0 aliphatic rings. The number of carbonyl (C=O) groups excluding carboxylic acids is 2. The Labute approximate surface area is 120 Å². The van der Waals surface area contributed by atoms with Crippen molar-refractivity contribution in [2.45, 2.75) is 20.8 Å². The average Bonchev–Trinajstić information content (AvgIpc) is 2.41. The van der Waals surface area contributed by atoms with Crippen molar-refractivity contribution in [3.05, 3.63) is 40.7 Å². The first-order chi connectivity index (χ1) is 9.73. The monoisotopic (exact) mass is 294 g/mol. The van der Waals surface area contributed by atoms with Crippen LogP contribution in [0, 0.1) is 12.7 Å². The summed E-state index contributed by atoms with van der Waals surface area (Å²) in [6.07, 6.45) is 0. The first-order valence-corrected chi connectivity index (χ1v) is 6.02. The molecule has 0 aliphatic carbocycles. The number of anilines is 1. The molecule has 21 heavy (non-hydrogen) atoms. The summed E-state index contributed by atoms with van der Waals surface area (Å²) >= 11 is 0. The van der Waals surface area contributed by atoms with Crippen molar-refractivity contribution in [1.29, 1.82) is 0 Å². The Morgan fingerprint density at radius 1 is 1.14 bits per heavy atom. The van der Waals surface area contributed by atoms with Crippen LogP contribution in [0.25, 0.3) is 0 Å². The van der Waals surface area contributed by atoms with Crippen LogP contribution >= 0.6 is 0 Å². The SMILES string of the molecule is C/C(C(=O)O)=C(/C)C(=O)NC(=O)Nc1c(C)cccc1F. The van der Waals surface area contributed by atoms with Gasteiger partial charge in [-0.1, -0.05) is 12.1 Å². The maximum absolute atomic E-state index is 13.5. The number of nitrogens with one attached hydrogen (secondary N) is 2. The molecule has 0 saturated carbocycles. The summed E-state index contributed by atoms with van der Waals surface area (Å²) in [5, 5.41) is 12.9. The van der Waals surface area contributed by atoms with Gasteiger partial charge in [-0.05, 0) is 32.4 Å². The lowest BCUT2D eigenvalue weighted by Gasteiger charge is -2.10. The summed E-state index contributed by atoms with van der Waals surface area (Å²) in [7, 11) is 0. The van der Waals surface area contributed by atoms with Crippen molar-refractivity contribution in [2.24, 2.45) is 0 Å². The van der Waals surface area contributed by atoms with E-state index < -0.39 is 23.7 Å². The van der Waals surface area contributed by atoms with Gasteiger partial charge in [-0.15, -0.1) is 0 Å². The highest BCUT2D eigenvalue weighted by Crippen LogP contribution is 2.18. The van der Waals surface area contributed by atoms with Crippen LogP contribution in [-0.4, -0.2) is 23.0 Å². The van der Waals surface area contributed by atoms with Crippen molar-refractivity contribution < 1.29 is 23.9 Å². The Morgan fingerprint density at radius 2 is 1.76 bits per heavy atom. The van der Waals surface area contributed by atoms with Gasteiger partial charge in [0.1, 0.15) is 5.82 Å². The number of aryl methyl sites for hydroxylation is 1. The fourth-order valence-corrected chi connectivity index (χ4v) is 1.46. The van der Waals surface area contributed by atoms with E-state index in [2.05, 4.69) is 5.32 Å². The van der Waals surface area contributed by atoms with Gasteiger partial charge in [0.15, 0.2) is 0 Å². The summed E-state index contributed by atoms with van der Waals surface area (Å²) < 4.78 is 13.5. The van der Waals surface area contributed by atoms with Crippen LogP contribution in [0.1, 0.15) is 19.4 Å². The number of hydrogen-bond acceptors (Lipinski definition) is 3. The first-order valence-electron chi connectivity index (χ1n) is 6.02. The van der Waals surface area contributed by atoms with E-state index in [-0.39, 0.29) is 16.8 Å². The number of hydrogen-bond donors (Lipinski definition) is 3. The summed E-state index contributed by atoms with van der Waals surface area (Å²) in [5.74, 6) is -2.75. The lowest BCUT2D eigenvalue weighted by Crippen LogP contribution is -2.35. The molecule has 0 atom stereocenters. The maximum atomic E-state index is 13.5. The Balaban J connectivity index is 2.82. The normalized spacial score (nSPS) is 11.4. The number of para-hydroxylation sites is 1. The van der Waals surface area contributed by atoms with Crippen LogP contribution in [0.15, 0.2) is 29.3 Å². The molecular formula is C14H15FN2O4. The van der Waals surface area contributed by atoms with E-state index in [1.165, 1.54) is 26.0 Å². The van der Waals surface area contributed by atoms with Gasteiger partial charge in [-0.2, -0.15) is 0 Å². The smallest absolute Gasteiger partial charge is 0.331 e. The highest BCUT2D eigenvalue weighted by atomic mass is 19.1. The van der Waals surface area contributed by atoms with E-state index in [9.17, 15) is 18.8 Å². The van der Waals surface area contributed by atoms with Gasteiger partial charge >= 0.3 is 12.0 Å². The van der Waals surface area contributed by atoms with Gasteiger partial charge in [0.05, 0.1) is 5.69 Å². The second-order valence-corrected chi connectivity index (χ2v) is 4.40. The molecule has 0 bridgehead atoms. The predicted octanol–water partition coefficient (Wildman–Crippen LogP) is 2.20. The summed E-state index contributed by atoms with van der Waals surface area (Å²) in [6, 6.07) is 3.32. The number of urea groups is 1. The Morgan fingerprint density at radius 3 is 2.29 bits per heavy atom. The molecule has 1 aromatic rings. The summed E-state index contributed by atoms with van der Waals surface area (Å²) in [4.78, 5) is 34.0. The van der Waals surface area contributed by atoms with E-state index in [1.807, 2.05) is 5.32 Å². The van der Waals surface area contributed by atoms with Crippen LogP contribution in [0.2, 0.25) is 0 Å². The molecule has 0 radical (unpaired) electrons. The predicted molar refractivity (Wildman–Crippen MR) is 74.3 cm³/mol. The zero-order valence-corrected chi connectivity index (χ0v) is 11.8. The number of carboxylic acids is 1. The van der Waals surface area contributed by atoms with E-state index in [0.717, 1.165) is 0 Å². The Kier molecular flexibility index (Phi) is 5.18. The molecule has 0 unspecified atom stereocenters. The molecule has 0 spiro atoms. The molecule has 0 aliphatic heterocycles. The second-order valence-electron chi connectivity index (χ2n) is 4.40. The lowest BCUT2D eigenvalue weighted by molar-refractivity contribution is -0.133. The summed E-state index contributed by atoms with van der Waals surface area (Å²) in [5.41, 5.74) is 0.163. The van der Waals surface area contributed by atoms with Gasteiger partial charge in [-0.25, -0.2) is 14.0 Å². The van der Waals surface area contributed by atoms with Gasteiger partial charge in [0.2, 0.25) is 0 Å². The van der Waals surface area contributed by atoms with Gasteiger partial charge in [0, 0.05) is 11.1 Å². The van der Waals surface area contributed by atoms with Gasteiger partial charge < -0.3 is 10.4 Å². The number of imide groups is 1. The van der Waals surface area contributed by atoms with E-state index in [4.69, 9.17) is 5.11 Å². The quantitative estimate of drug-likeness (QED) is 0.745. The van der Waals surface area contributed by atoms with Crippen LogP contribution in [0.5, 0.6) is 0 Å². The standard InChI is InChI=1S/C14H15FN2O4/c1-7-5-4-6-10(15)11(7)16-14(21)17-12(18)8(2)9(3)13(19)20/h4-6H,1-3H3,(H,19,20)(H2,16,17,18,21)/b9-8+. The Hall–Kier alpha value is -2.70. The van der Waals surface area contributed by atoms with E-state index in [0.29, 0.717) is 5.56 Å². The molecular weight excluding hydrogens is 279 g/mol. The highest BCUT2D eigenvalue weighted by molar-refractivity contribution is 6.10. The highest BCUT2D eigenvalue weighted by Gasteiger charge is 2.16. The fraction of sp³-hybridized carbons (Fsp3) is 0.214. The molecule has 0 heterocycles. The molecule has 7 heteroatoms. The number of carboxylic acid groups (broad SMARTS) is 1. The minimum Gasteiger partial charge on any atom is -0.478 e. The second kappa shape index (κ2) is 6.65. The zero-order chi connectivity index (χ0) is 16.2. The molecule has 6 nitrogen and oxygen atoms in total. The van der Waals surface area contributed by atoms with Gasteiger partial charge in [0.25, 0.3) is 5.91 Å². The molecule has 1 aromatic carbocycles. The minimum atomic E-state index is -1.26. The lowest BCUT2D eigenvalue weighted by atomic mass is 10.1. The van der Waals surface area contributed by atoms with Gasteiger partial charge in [-0.3, -0.25) is 10.1 Å². The van der Waals surface area contributed by atoms with Crippen LogP contribution in [0.3, 0.4) is 0 Å². The maximum Gasteiger partial charge on any atom is 0.331 e. The minimum absolute atomic E-state index is 0.0422. The molecule has 112 valence electrons. The Bertz CT molecular complexity index is 618. The largest absolute Gasteiger partial charge is 0.478 e. The molecule has 0 fully saturated rings. The molecule has 1 rings (SSSR count). The third kappa shape index (κ3) is 4.13. The number of benzene rings is 1. The topological polar surface area (TPSA) is 95.5 Å². The number of aliphatic carboxylic acids is 1. The van der Waals surface area contributed by atoms with Crippen LogP contribution in [0.4, 0.5) is 14.9 Å². The molecule has 3 amide bonds. The fourth-order valence-electron chi connectivity index (χ4n) is 1.46. The molecule has 3 N–H and O–H groups in total. The van der Waals surface area contributed by atoms with Crippen molar-refractivity contribution >= 4 is 23.6 Å². The third-order valence-electron chi connectivity index (χ3n) is 2.91. The molecule has 0 aromatic heterocycles. The van der Waals surface area contributed by atoms with E-state index in [1.54, 1.807) is 13.0 Å². The number of amides is 3. The number of halogens is 1. The summed E-state index contributed by atoms with van der Waals surface area (Å²) in [6.45, 7) is 4.12. The molecule has 0 saturated heterocycles. The zero-order valence-electron chi connectivity index (χ0n) is 11.8. The van der Waals surface area contributed by atoms with Crippen molar-refractivity contribution in [3.63, 3.8) is 0 Å². The van der Waals surface area contributed by atoms with Crippen molar-refractivity contribution in [1.82, 2.24) is 5.32 Å². The number of carbonyl (C=O) groups is 3. The van der Waals surface area contributed by atoms with Crippen molar-refractivity contribution in [3.8, 4) is 0 Å².